The number of halogens is 1. The van der Waals surface area contributed by atoms with Gasteiger partial charge in [-0.1, -0.05) is 35.0 Å². The lowest BCUT2D eigenvalue weighted by molar-refractivity contribution is -0.135. The Bertz CT molecular complexity index is 464. The van der Waals surface area contributed by atoms with Crippen LogP contribution in [0.2, 0.25) is 0 Å². The van der Waals surface area contributed by atoms with Gasteiger partial charge in [-0.05, 0) is 61.6 Å². The van der Waals surface area contributed by atoms with Crippen molar-refractivity contribution in [2.75, 3.05) is 0 Å². The molecule has 0 unspecified atom stereocenters. The van der Waals surface area contributed by atoms with E-state index in [0.29, 0.717) is 17.6 Å². The zero-order valence-electron chi connectivity index (χ0n) is 11.5. The molecule has 2 heteroatoms. The van der Waals surface area contributed by atoms with Crippen LogP contribution in [0.1, 0.15) is 57.4 Å². The maximum atomic E-state index is 12.2. The summed E-state index contributed by atoms with van der Waals surface area (Å²) in [6.07, 6.45) is 7.62. The van der Waals surface area contributed by atoms with Crippen LogP contribution in [-0.2, 0) is 10.2 Å². The van der Waals surface area contributed by atoms with Gasteiger partial charge in [0.25, 0.3) is 0 Å². The molecule has 4 rings (SSSR count). The Balaban J connectivity index is 1.85. The minimum atomic E-state index is 0.0475. The summed E-state index contributed by atoms with van der Waals surface area (Å²) in [5, 5.41) is 0. The van der Waals surface area contributed by atoms with E-state index < -0.39 is 0 Å². The van der Waals surface area contributed by atoms with Gasteiger partial charge in [0.15, 0.2) is 0 Å². The molecule has 0 atom stereocenters. The number of fused-ring (bicyclic) bond motifs is 3. The molecule has 3 fully saturated rings. The molecule has 3 aliphatic carbocycles. The molecule has 0 amide bonds. The number of Topliss-reactive ketones (excluding diaryl/α,β-unsaturated/α-hetero) is 1. The zero-order chi connectivity index (χ0) is 13.5. The van der Waals surface area contributed by atoms with E-state index in [1.807, 2.05) is 6.92 Å². The second-order valence-corrected chi connectivity index (χ2v) is 7.26. The third-order valence-electron chi connectivity index (χ3n) is 5.62. The van der Waals surface area contributed by atoms with E-state index in [1.54, 1.807) is 0 Å². The predicted octanol–water partition coefficient (Wildman–Crippen LogP) is 5.02. The maximum absolute atomic E-state index is 12.2. The van der Waals surface area contributed by atoms with Crippen LogP contribution in [0.25, 0.3) is 0 Å². The molecule has 0 radical (unpaired) electrons. The van der Waals surface area contributed by atoms with Crippen molar-refractivity contribution in [1.29, 1.82) is 0 Å². The molecule has 0 aliphatic heterocycles. The first kappa shape index (κ1) is 13.4. The van der Waals surface area contributed by atoms with Gasteiger partial charge in [0.1, 0.15) is 5.78 Å². The number of carbonyl (C=O) groups is 1. The summed E-state index contributed by atoms with van der Waals surface area (Å²) >= 11 is 3.51. The Morgan fingerprint density at radius 3 is 2.05 bits per heavy atom. The zero-order valence-corrected chi connectivity index (χ0v) is 13.1. The van der Waals surface area contributed by atoms with Gasteiger partial charge in [-0.2, -0.15) is 0 Å². The fourth-order valence-electron chi connectivity index (χ4n) is 4.22. The summed E-state index contributed by atoms with van der Waals surface area (Å²) < 4.78 is 1.15. The molecule has 1 nitrogen and oxygen atoms in total. The molecular formula is C17H21BrO. The molecule has 19 heavy (non-hydrogen) atoms. The molecule has 0 N–H and O–H groups in total. The Labute approximate surface area is 123 Å². The van der Waals surface area contributed by atoms with Crippen molar-refractivity contribution < 1.29 is 4.79 Å². The van der Waals surface area contributed by atoms with Crippen molar-refractivity contribution in [2.45, 2.75) is 57.3 Å². The van der Waals surface area contributed by atoms with Gasteiger partial charge >= 0.3 is 0 Å². The van der Waals surface area contributed by atoms with Crippen LogP contribution < -0.4 is 0 Å². The van der Waals surface area contributed by atoms with E-state index >= 15 is 0 Å². The molecule has 1 aromatic carbocycles. The number of benzene rings is 1. The average molecular weight is 321 g/mol. The second kappa shape index (κ2) is 4.73. The maximum Gasteiger partial charge on any atom is 0.138 e. The molecule has 3 saturated carbocycles. The predicted molar refractivity (Wildman–Crippen MR) is 81.3 cm³/mol. The Morgan fingerprint density at radius 2 is 1.58 bits per heavy atom. The minimum Gasteiger partial charge on any atom is -0.299 e. The first-order chi connectivity index (χ1) is 9.10. The topological polar surface area (TPSA) is 17.1 Å². The van der Waals surface area contributed by atoms with Gasteiger partial charge in [0.05, 0.1) is 0 Å². The van der Waals surface area contributed by atoms with E-state index in [9.17, 15) is 4.79 Å². The minimum absolute atomic E-state index is 0.0475. The Morgan fingerprint density at radius 1 is 1.05 bits per heavy atom. The second-order valence-electron chi connectivity index (χ2n) is 6.34. The Kier molecular flexibility index (Phi) is 3.33. The van der Waals surface area contributed by atoms with Crippen LogP contribution >= 0.6 is 15.9 Å². The van der Waals surface area contributed by atoms with Gasteiger partial charge in [0.2, 0.25) is 0 Å². The van der Waals surface area contributed by atoms with Gasteiger partial charge < -0.3 is 0 Å². The number of hydrogen-bond donors (Lipinski definition) is 0. The summed E-state index contributed by atoms with van der Waals surface area (Å²) in [7, 11) is 0. The lowest BCUT2D eigenvalue weighted by Gasteiger charge is -2.53. The van der Waals surface area contributed by atoms with Gasteiger partial charge in [-0.15, -0.1) is 0 Å². The van der Waals surface area contributed by atoms with Crippen LogP contribution in [0.5, 0.6) is 0 Å². The summed E-state index contributed by atoms with van der Waals surface area (Å²) in [4.78, 5) is 12.2. The van der Waals surface area contributed by atoms with Crippen LogP contribution in [0.15, 0.2) is 28.7 Å². The third-order valence-corrected chi connectivity index (χ3v) is 6.14. The SMILES string of the molecule is CCC(=O)C12CCC(c3ccc(Br)cc3)(CC1)CC2. The van der Waals surface area contributed by atoms with Crippen molar-refractivity contribution in [1.82, 2.24) is 0 Å². The highest BCUT2D eigenvalue weighted by molar-refractivity contribution is 9.10. The van der Waals surface area contributed by atoms with Crippen LogP contribution in [0.4, 0.5) is 0 Å². The molecule has 2 bridgehead atoms. The largest absolute Gasteiger partial charge is 0.299 e. The lowest BCUT2D eigenvalue weighted by Crippen LogP contribution is -2.47. The molecule has 1 aromatic rings. The summed E-state index contributed by atoms with van der Waals surface area (Å²) in [5.41, 5.74) is 1.88. The first-order valence-corrected chi connectivity index (χ1v) is 8.19. The molecule has 102 valence electrons. The number of carbonyl (C=O) groups excluding carboxylic acids is 1. The normalized spacial score (nSPS) is 33.4. The molecule has 0 spiro atoms. The standard InChI is InChI=1S/C17H21BrO/c1-2-15(19)17-10-7-16(8-11-17,9-12-17)13-3-5-14(18)6-4-13/h3-6H,2,7-12H2,1H3. The quantitative estimate of drug-likeness (QED) is 0.764. The van der Waals surface area contributed by atoms with E-state index in [1.165, 1.54) is 24.8 Å². The van der Waals surface area contributed by atoms with Crippen molar-refractivity contribution in [3.8, 4) is 0 Å². The highest BCUT2D eigenvalue weighted by atomic mass is 79.9. The molecule has 0 saturated heterocycles. The average Bonchev–Trinajstić information content (AvgIpc) is 2.49. The highest BCUT2D eigenvalue weighted by Crippen LogP contribution is 2.58. The number of ketones is 1. The molecule has 3 aliphatic rings. The van der Waals surface area contributed by atoms with Gasteiger partial charge in [0, 0.05) is 16.3 Å². The van der Waals surface area contributed by atoms with Crippen LogP contribution in [0, 0.1) is 5.41 Å². The van der Waals surface area contributed by atoms with E-state index in [0.717, 1.165) is 23.7 Å². The van der Waals surface area contributed by atoms with E-state index in [4.69, 9.17) is 0 Å². The first-order valence-electron chi connectivity index (χ1n) is 7.40. The molecule has 0 aromatic heterocycles. The Hall–Kier alpha value is -0.630. The third kappa shape index (κ3) is 2.08. The number of rotatable bonds is 3. The molecule has 0 heterocycles. The van der Waals surface area contributed by atoms with E-state index in [2.05, 4.69) is 40.2 Å². The van der Waals surface area contributed by atoms with Crippen molar-refractivity contribution in [3.63, 3.8) is 0 Å². The molecular weight excluding hydrogens is 300 g/mol. The smallest absolute Gasteiger partial charge is 0.138 e. The number of hydrogen-bond acceptors (Lipinski definition) is 1. The summed E-state index contributed by atoms with van der Waals surface area (Å²) in [5.74, 6) is 0.511. The van der Waals surface area contributed by atoms with Crippen molar-refractivity contribution in [3.05, 3.63) is 34.3 Å². The highest BCUT2D eigenvalue weighted by Gasteiger charge is 2.51. The van der Waals surface area contributed by atoms with Gasteiger partial charge in [-0.25, -0.2) is 0 Å². The van der Waals surface area contributed by atoms with Gasteiger partial charge in [-0.3, -0.25) is 4.79 Å². The fourth-order valence-corrected chi connectivity index (χ4v) is 4.48. The van der Waals surface area contributed by atoms with Crippen LogP contribution in [-0.4, -0.2) is 5.78 Å². The lowest BCUT2D eigenvalue weighted by atomic mass is 9.50. The summed E-state index contributed by atoms with van der Waals surface area (Å²) in [6, 6.07) is 8.84. The van der Waals surface area contributed by atoms with Crippen LogP contribution in [0.3, 0.4) is 0 Å². The summed E-state index contributed by atoms with van der Waals surface area (Å²) in [6.45, 7) is 2.02. The van der Waals surface area contributed by atoms with Crippen molar-refractivity contribution in [2.24, 2.45) is 5.41 Å². The van der Waals surface area contributed by atoms with E-state index in [-0.39, 0.29) is 5.41 Å². The monoisotopic (exact) mass is 320 g/mol. The van der Waals surface area contributed by atoms with Crippen molar-refractivity contribution >= 4 is 21.7 Å². The fraction of sp³-hybridized carbons (Fsp3) is 0.588.